The van der Waals surface area contributed by atoms with Crippen molar-refractivity contribution in [3.63, 3.8) is 0 Å². The molecule has 29 heavy (non-hydrogen) atoms. The summed E-state index contributed by atoms with van der Waals surface area (Å²) in [5.74, 6) is 1.23. The Hall–Kier alpha value is -3.08. The van der Waals surface area contributed by atoms with Gasteiger partial charge in [-0.1, -0.05) is 26.0 Å². The molecule has 0 radical (unpaired) electrons. The SMILES string of the molecule is CCCOc1ccccc1/C=N\NC(=O)c1ccc2[nH]c3c(c2c1)CC(C)CC3. The number of aromatic nitrogens is 1. The molecule has 0 spiro atoms. The third kappa shape index (κ3) is 4.19. The van der Waals surface area contributed by atoms with E-state index in [4.69, 9.17) is 4.74 Å². The smallest absolute Gasteiger partial charge is 0.271 e. The minimum Gasteiger partial charge on any atom is -0.493 e. The number of aromatic amines is 1. The zero-order valence-electron chi connectivity index (χ0n) is 17.0. The average molecular weight is 389 g/mol. The number of aryl methyl sites for hydroxylation is 1. The van der Waals surface area contributed by atoms with Crippen LogP contribution in [0.3, 0.4) is 0 Å². The lowest BCUT2D eigenvalue weighted by molar-refractivity contribution is 0.0955. The van der Waals surface area contributed by atoms with Crippen molar-refractivity contribution in [2.24, 2.45) is 11.0 Å². The largest absolute Gasteiger partial charge is 0.493 e. The fourth-order valence-corrected chi connectivity index (χ4v) is 3.89. The highest BCUT2D eigenvalue weighted by Crippen LogP contribution is 2.32. The Labute approximate surface area is 171 Å². The first-order valence-electron chi connectivity index (χ1n) is 10.3. The zero-order chi connectivity index (χ0) is 20.2. The number of amides is 1. The topological polar surface area (TPSA) is 66.5 Å². The predicted octanol–water partition coefficient (Wildman–Crippen LogP) is 4.85. The third-order valence-corrected chi connectivity index (χ3v) is 5.45. The van der Waals surface area contributed by atoms with E-state index in [-0.39, 0.29) is 5.91 Å². The number of carbonyl (C=O) groups excluding carboxylic acids is 1. The van der Waals surface area contributed by atoms with E-state index >= 15 is 0 Å². The lowest BCUT2D eigenvalue weighted by Gasteiger charge is -2.18. The van der Waals surface area contributed by atoms with Crippen molar-refractivity contribution >= 4 is 23.0 Å². The molecule has 0 saturated heterocycles. The molecule has 0 saturated carbocycles. The summed E-state index contributed by atoms with van der Waals surface area (Å²) in [6.45, 7) is 5.00. The standard InChI is InChI=1S/C24H27N3O2/c1-3-12-29-23-7-5-4-6-18(23)15-25-27-24(28)17-9-11-22-20(14-17)19-13-16(2)8-10-21(19)26-22/h4-7,9,11,14-16,26H,3,8,10,12-13H2,1-2H3,(H,27,28)/b25-15-. The number of carbonyl (C=O) groups is 1. The van der Waals surface area contributed by atoms with E-state index in [9.17, 15) is 4.79 Å². The van der Waals surface area contributed by atoms with E-state index in [0.717, 1.165) is 41.5 Å². The summed E-state index contributed by atoms with van der Waals surface area (Å²) in [5.41, 5.74) is 7.88. The number of para-hydroxylation sites is 1. The van der Waals surface area contributed by atoms with Gasteiger partial charge in [0.1, 0.15) is 5.75 Å². The van der Waals surface area contributed by atoms with Crippen LogP contribution in [-0.4, -0.2) is 23.7 Å². The van der Waals surface area contributed by atoms with E-state index in [1.165, 1.54) is 17.7 Å². The minimum absolute atomic E-state index is 0.214. The van der Waals surface area contributed by atoms with Crippen LogP contribution >= 0.6 is 0 Å². The lowest BCUT2D eigenvalue weighted by atomic mass is 9.87. The second-order valence-electron chi connectivity index (χ2n) is 7.78. The van der Waals surface area contributed by atoms with Gasteiger partial charge in [-0.25, -0.2) is 5.43 Å². The van der Waals surface area contributed by atoms with Crippen molar-refractivity contribution in [3.05, 3.63) is 64.8 Å². The van der Waals surface area contributed by atoms with Crippen LogP contribution in [0, 0.1) is 5.92 Å². The van der Waals surface area contributed by atoms with Crippen LogP contribution < -0.4 is 10.2 Å². The van der Waals surface area contributed by atoms with Crippen molar-refractivity contribution in [2.75, 3.05) is 6.61 Å². The minimum atomic E-state index is -0.214. The van der Waals surface area contributed by atoms with Gasteiger partial charge in [0.25, 0.3) is 5.91 Å². The molecular formula is C24H27N3O2. The maximum Gasteiger partial charge on any atom is 0.271 e. The van der Waals surface area contributed by atoms with E-state index in [1.54, 1.807) is 6.21 Å². The molecule has 1 aliphatic carbocycles. The molecule has 1 aromatic heterocycles. The highest BCUT2D eigenvalue weighted by Gasteiger charge is 2.20. The van der Waals surface area contributed by atoms with Crippen LogP contribution in [0.15, 0.2) is 47.6 Å². The molecule has 0 fully saturated rings. The first-order valence-corrected chi connectivity index (χ1v) is 10.3. The molecule has 0 bridgehead atoms. The summed E-state index contributed by atoms with van der Waals surface area (Å²) in [6.07, 6.45) is 5.92. The summed E-state index contributed by atoms with van der Waals surface area (Å²) in [6, 6.07) is 13.5. The normalized spacial score (nSPS) is 16.1. The fraction of sp³-hybridized carbons (Fsp3) is 0.333. The van der Waals surface area contributed by atoms with Gasteiger partial charge in [0.2, 0.25) is 0 Å². The summed E-state index contributed by atoms with van der Waals surface area (Å²) in [4.78, 5) is 16.1. The second-order valence-corrected chi connectivity index (χ2v) is 7.78. The molecule has 5 nitrogen and oxygen atoms in total. The fourth-order valence-electron chi connectivity index (χ4n) is 3.89. The summed E-state index contributed by atoms with van der Waals surface area (Å²) in [5, 5.41) is 5.30. The van der Waals surface area contributed by atoms with E-state index in [1.807, 2.05) is 42.5 Å². The molecule has 2 N–H and O–H groups in total. The summed E-state index contributed by atoms with van der Waals surface area (Å²) >= 11 is 0. The molecule has 5 heteroatoms. The number of hydrazone groups is 1. The molecular weight excluding hydrogens is 362 g/mol. The van der Waals surface area contributed by atoms with Crippen molar-refractivity contribution in [1.29, 1.82) is 0 Å². The quantitative estimate of drug-likeness (QED) is 0.468. The number of fused-ring (bicyclic) bond motifs is 3. The molecule has 4 rings (SSSR count). The van der Waals surface area contributed by atoms with Crippen LogP contribution in [0.5, 0.6) is 5.75 Å². The van der Waals surface area contributed by atoms with Crippen LogP contribution in [-0.2, 0) is 12.8 Å². The molecule has 2 aromatic carbocycles. The highest BCUT2D eigenvalue weighted by molar-refractivity contribution is 5.99. The first kappa shape index (κ1) is 19.2. The van der Waals surface area contributed by atoms with Crippen LogP contribution in [0.25, 0.3) is 10.9 Å². The van der Waals surface area contributed by atoms with E-state index < -0.39 is 0 Å². The molecule has 1 unspecified atom stereocenters. The molecule has 3 aromatic rings. The lowest BCUT2D eigenvalue weighted by Crippen LogP contribution is -2.17. The highest BCUT2D eigenvalue weighted by atomic mass is 16.5. The maximum absolute atomic E-state index is 12.6. The van der Waals surface area contributed by atoms with Gasteiger partial charge in [-0.05, 0) is 67.5 Å². The number of H-pyrrole nitrogens is 1. The number of benzene rings is 2. The van der Waals surface area contributed by atoms with Gasteiger partial charge >= 0.3 is 0 Å². The molecule has 1 amide bonds. The van der Waals surface area contributed by atoms with Crippen LogP contribution in [0.2, 0.25) is 0 Å². The summed E-state index contributed by atoms with van der Waals surface area (Å²) < 4.78 is 5.72. The number of hydrogen-bond donors (Lipinski definition) is 2. The number of hydrogen-bond acceptors (Lipinski definition) is 3. The molecule has 0 aliphatic heterocycles. The van der Waals surface area contributed by atoms with Crippen LogP contribution in [0.1, 0.15) is 53.9 Å². The maximum atomic E-state index is 12.6. The van der Waals surface area contributed by atoms with E-state index in [2.05, 4.69) is 29.4 Å². The Morgan fingerprint density at radius 2 is 2.17 bits per heavy atom. The zero-order valence-corrected chi connectivity index (χ0v) is 17.0. The van der Waals surface area contributed by atoms with Gasteiger partial charge in [0.15, 0.2) is 0 Å². The second kappa shape index (κ2) is 8.52. The first-order chi connectivity index (χ1) is 14.2. The van der Waals surface area contributed by atoms with Gasteiger partial charge in [0.05, 0.1) is 12.8 Å². The molecule has 1 aliphatic rings. The molecule has 1 heterocycles. The van der Waals surface area contributed by atoms with Gasteiger partial charge in [-0.15, -0.1) is 0 Å². The predicted molar refractivity (Wildman–Crippen MR) is 117 cm³/mol. The van der Waals surface area contributed by atoms with Gasteiger partial charge in [-0.3, -0.25) is 4.79 Å². The van der Waals surface area contributed by atoms with Crippen molar-refractivity contribution < 1.29 is 9.53 Å². The van der Waals surface area contributed by atoms with Gasteiger partial charge in [-0.2, -0.15) is 5.10 Å². The molecule has 150 valence electrons. The molecule has 1 atom stereocenters. The Balaban J connectivity index is 1.50. The number of ether oxygens (including phenoxy) is 1. The Morgan fingerprint density at radius 3 is 3.03 bits per heavy atom. The van der Waals surface area contributed by atoms with Gasteiger partial charge in [0, 0.05) is 27.7 Å². The van der Waals surface area contributed by atoms with Crippen molar-refractivity contribution in [1.82, 2.24) is 10.4 Å². The Morgan fingerprint density at radius 1 is 1.31 bits per heavy atom. The monoisotopic (exact) mass is 389 g/mol. The Kier molecular flexibility index (Phi) is 5.65. The Bertz CT molecular complexity index is 1050. The van der Waals surface area contributed by atoms with Crippen LogP contribution in [0.4, 0.5) is 0 Å². The number of rotatable bonds is 6. The van der Waals surface area contributed by atoms with Crippen molar-refractivity contribution in [2.45, 2.75) is 39.5 Å². The van der Waals surface area contributed by atoms with Crippen molar-refractivity contribution in [3.8, 4) is 5.75 Å². The third-order valence-electron chi connectivity index (χ3n) is 5.45. The summed E-state index contributed by atoms with van der Waals surface area (Å²) in [7, 11) is 0. The number of nitrogens with one attached hydrogen (secondary N) is 2. The average Bonchev–Trinajstić information content (AvgIpc) is 3.10. The van der Waals surface area contributed by atoms with E-state index in [0.29, 0.717) is 18.1 Å². The van der Waals surface area contributed by atoms with Gasteiger partial charge < -0.3 is 9.72 Å². The number of nitrogens with zero attached hydrogens (tertiary/aromatic N) is 1.